The standard InChI is InChI=1S/C10H14O2Si/c1-2-10(11)9-6-4-3-5-8(9)7-12-13/h3-6H,2,7H2,1,13H3. The molecule has 0 N–H and O–H groups in total. The smallest absolute Gasteiger partial charge is 0.162 e. The molecule has 0 amide bonds. The number of Topliss-reactive ketones (excluding diaryl/α,β-unsaturated/α-hetero) is 1. The highest BCUT2D eigenvalue weighted by Crippen LogP contribution is 2.11. The minimum Gasteiger partial charge on any atom is -0.424 e. The zero-order chi connectivity index (χ0) is 9.68. The van der Waals surface area contributed by atoms with Crippen LogP contribution in [-0.2, 0) is 11.0 Å². The first-order valence-corrected chi connectivity index (χ1v) is 5.21. The van der Waals surface area contributed by atoms with E-state index in [0.717, 1.165) is 11.1 Å². The molecule has 1 aromatic carbocycles. The fourth-order valence-electron chi connectivity index (χ4n) is 1.26. The Morgan fingerprint density at radius 1 is 1.46 bits per heavy atom. The quantitative estimate of drug-likeness (QED) is 0.529. The maximum atomic E-state index is 11.5. The van der Waals surface area contributed by atoms with Crippen molar-refractivity contribution in [2.75, 3.05) is 0 Å². The predicted molar refractivity (Wildman–Crippen MR) is 55.8 cm³/mol. The van der Waals surface area contributed by atoms with Gasteiger partial charge >= 0.3 is 0 Å². The van der Waals surface area contributed by atoms with E-state index in [1.165, 1.54) is 0 Å². The Morgan fingerprint density at radius 2 is 2.15 bits per heavy atom. The molecule has 0 aliphatic rings. The van der Waals surface area contributed by atoms with E-state index in [0.29, 0.717) is 23.5 Å². The molecule has 0 heterocycles. The predicted octanol–water partition coefficient (Wildman–Crippen LogP) is 1.08. The third kappa shape index (κ3) is 2.50. The average Bonchev–Trinajstić information content (AvgIpc) is 2.18. The lowest BCUT2D eigenvalue weighted by atomic mass is 10.0. The van der Waals surface area contributed by atoms with Crippen molar-refractivity contribution in [3.8, 4) is 0 Å². The Hall–Kier alpha value is -0.933. The van der Waals surface area contributed by atoms with Crippen LogP contribution in [0.3, 0.4) is 0 Å². The lowest BCUT2D eigenvalue weighted by Gasteiger charge is -2.06. The maximum absolute atomic E-state index is 11.5. The molecule has 0 saturated carbocycles. The molecule has 70 valence electrons. The minimum atomic E-state index is 0.189. The summed E-state index contributed by atoms with van der Waals surface area (Å²) in [6, 6.07) is 7.63. The summed E-state index contributed by atoms with van der Waals surface area (Å²) in [7, 11) is 0.708. The third-order valence-corrected chi connectivity index (χ3v) is 2.23. The normalized spacial score (nSPS) is 10.2. The van der Waals surface area contributed by atoms with Crippen LogP contribution in [0.15, 0.2) is 24.3 Å². The van der Waals surface area contributed by atoms with Gasteiger partial charge in [0.15, 0.2) is 5.78 Å². The second kappa shape index (κ2) is 4.94. The third-order valence-electron chi connectivity index (χ3n) is 1.94. The molecule has 0 atom stereocenters. The number of rotatable bonds is 4. The van der Waals surface area contributed by atoms with Gasteiger partial charge in [-0.25, -0.2) is 0 Å². The van der Waals surface area contributed by atoms with Crippen LogP contribution in [0.25, 0.3) is 0 Å². The van der Waals surface area contributed by atoms with Gasteiger partial charge in [0.25, 0.3) is 0 Å². The van der Waals surface area contributed by atoms with Gasteiger partial charge in [-0.1, -0.05) is 31.2 Å². The van der Waals surface area contributed by atoms with Crippen LogP contribution in [0, 0.1) is 0 Å². The zero-order valence-electron chi connectivity index (χ0n) is 8.04. The van der Waals surface area contributed by atoms with E-state index in [2.05, 4.69) is 0 Å². The topological polar surface area (TPSA) is 26.3 Å². The van der Waals surface area contributed by atoms with E-state index in [4.69, 9.17) is 4.43 Å². The van der Waals surface area contributed by atoms with E-state index in [-0.39, 0.29) is 5.78 Å². The monoisotopic (exact) mass is 194 g/mol. The van der Waals surface area contributed by atoms with E-state index in [1.54, 1.807) is 0 Å². The molecule has 0 saturated heterocycles. The molecule has 0 unspecified atom stereocenters. The van der Waals surface area contributed by atoms with Crippen LogP contribution in [0.5, 0.6) is 0 Å². The summed E-state index contributed by atoms with van der Waals surface area (Å²) >= 11 is 0. The maximum Gasteiger partial charge on any atom is 0.162 e. The van der Waals surface area contributed by atoms with Crippen LogP contribution in [-0.4, -0.2) is 16.3 Å². The number of hydrogen-bond acceptors (Lipinski definition) is 2. The van der Waals surface area contributed by atoms with Gasteiger partial charge in [0, 0.05) is 12.0 Å². The van der Waals surface area contributed by atoms with E-state index in [9.17, 15) is 4.79 Å². The van der Waals surface area contributed by atoms with Crippen molar-refractivity contribution in [3.05, 3.63) is 35.4 Å². The van der Waals surface area contributed by atoms with E-state index < -0.39 is 0 Å². The van der Waals surface area contributed by atoms with Gasteiger partial charge in [0.1, 0.15) is 10.5 Å². The van der Waals surface area contributed by atoms with Gasteiger partial charge in [0.2, 0.25) is 0 Å². The highest BCUT2D eigenvalue weighted by molar-refractivity contribution is 5.99. The first kappa shape index (κ1) is 10.1. The molecule has 0 aromatic heterocycles. The van der Waals surface area contributed by atoms with Crippen molar-refractivity contribution in [2.45, 2.75) is 20.0 Å². The Kier molecular flexibility index (Phi) is 3.86. The average molecular weight is 194 g/mol. The highest BCUT2D eigenvalue weighted by atomic mass is 28.2. The fraction of sp³-hybridized carbons (Fsp3) is 0.300. The lowest BCUT2D eigenvalue weighted by Crippen LogP contribution is -2.03. The molecule has 2 nitrogen and oxygen atoms in total. The number of benzene rings is 1. The molecule has 1 aromatic rings. The van der Waals surface area contributed by atoms with Gasteiger partial charge in [-0.15, -0.1) is 0 Å². The van der Waals surface area contributed by atoms with Gasteiger partial charge in [-0.05, 0) is 5.56 Å². The second-order valence-electron chi connectivity index (χ2n) is 2.87. The first-order valence-electron chi connectivity index (χ1n) is 4.39. The van der Waals surface area contributed by atoms with Crippen molar-refractivity contribution in [1.82, 2.24) is 0 Å². The summed E-state index contributed by atoms with van der Waals surface area (Å²) in [6.07, 6.45) is 0.554. The molecule has 0 bridgehead atoms. The Labute approximate surface area is 81.5 Å². The van der Waals surface area contributed by atoms with Crippen molar-refractivity contribution >= 4 is 16.3 Å². The number of hydrogen-bond donors (Lipinski definition) is 0. The fourth-order valence-corrected chi connectivity index (χ4v) is 1.58. The van der Waals surface area contributed by atoms with Gasteiger partial charge in [-0.3, -0.25) is 4.79 Å². The van der Waals surface area contributed by atoms with Crippen molar-refractivity contribution < 1.29 is 9.22 Å². The molecular weight excluding hydrogens is 180 g/mol. The van der Waals surface area contributed by atoms with Crippen molar-refractivity contribution in [1.29, 1.82) is 0 Å². The molecule has 0 aliphatic carbocycles. The lowest BCUT2D eigenvalue weighted by molar-refractivity contribution is 0.0986. The molecule has 3 heteroatoms. The van der Waals surface area contributed by atoms with E-state index >= 15 is 0 Å². The Morgan fingerprint density at radius 3 is 2.77 bits per heavy atom. The van der Waals surface area contributed by atoms with Crippen LogP contribution in [0.4, 0.5) is 0 Å². The van der Waals surface area contributed by atoms with Crippen LogP contribution in [0.1, 0.15) is 29.3 Å². The molecule has 0 spiro atoms. The summed E-state index contributed by atoms with van der Waals surface area (Å²) in [6.45, 7) is 2.44. The molecule has 0 radical (unpaired) electrons. The summed E-state index contributed by atoms with van der Waals surface area (Å²) in [5, 5.41) is 0. The summed E-state index contributed by atoms with van der Waals surface area (Å²) in [4.78, 5) is 11.5. The van der Waals surface area contributed by atoms with Crippen LogP contribution in [0.2, 0.25) is 0 Å². The molecule has 0 fully saturated rings. The zero-order valence-corrected chi connectivity index (χ0v) is 10.0. The largest absolute Gasteiger partial charge is 0.424 e. The van der Waals surface area contributed by atoms with Crippen molar-refractivity contribution in [2.24, 2.45) is 0 Å². The van der Waals surface area contributed by atoms with Gasteiger partial charge in [0.05, 0.1) is 6.61 Å². The van der Waals surface area contributed by atoms with E-state index in [1.807, 2.05) is 31.2 Å². The molecule has 13 heavy (non-hydrogen) atoms. The number of carbonyl (C=O) groups is 1. The Balaban J connectivity index is 2.97. The first-order chi connectivity index (χ1) is 6.29. The highest BCUT2D eigenvalue weighted by Gasteiger charge is 2.07. The SMILES string of the molecule is CCC(=O)c1ccccc1CO[SiH3]. The minimum absolute atomic E-state index is 0.189. The number of ketones is 1. The van der Waals surface area contributed by atoms with Crippen LogP contribution < -0.4 is 0 Å². The summed E-state index contributed by atoms with van der Waals surface area (Å²) < 4.78 is 5.15. The van der Waals surface area contributed by atoms with Crippen LogP contribution >= 0.6 is 0 Å². The van der Waals surface area contributed by atoms with Crippen molar-refractivity contribution in [3.63, 3.8) is 0 Å². The second-order valence-corrected chi connectivity index (χ2v) is 3.44. The molecule has 1 rings (SSSR count). The van der Waals surface area contributed by atoms with Gasteiger partial charge in [-0.2, -0.15) is 0 Å². The molecular formula is C10H14O2Si. The summed E-state index contributed by atoms with van der Waals surface area (Å²) in [5.41, 5.74) is 1.81. The number of carbonyl (C=O) groups excluding carboxylic acids is 1. The Bertz CT molecular complexity index is 297. The molecule has 0 aliphatic heterocycles. The van der Waals surface area contributed by atoms with Gasteiger partial charge < -0.3 is 4.43 Å². The summed E-state index contributed by atoms with van der Waals surface area (Å²) in [5.74, 6) is 0.189.